The van der Waals surface area contributed by atoms with Crippen LogP contribution in [0.15, 0.2) is 211 Å². The Bertz CT molecular complexity index is 6880. The minimum atomic E-state index is -4.67. The van der Waals surface area contributed by atoms with Gasteiger partial charge in [0.05, 0.1) is 156 Å². The summed E-state index contributed by atoms with van der Waals surface area (Å²) in [4.78, 5) is 113. The average molecular weight is 1860 g/mol. The lowest BCUT2D eigenvalue weighted by Gasteiger charge is -2.22. The van der Waals surface area contributed by atoms with Crippen molar-refractivity contribution in [2.45, 2.75) is 129 Å². The summed E-state index contributed by atoms with van der Waals surface area (Å²) in [6, 6.07) is 53.2. The van der Waals surface area contributed by atoms with Crippen molar-refractivity contribution in [2.75, 3.05) is 54.9 Å². The number of carbonyl (C=O) groups is 5. The van der Waals surface area contributed by atoms with Crippen molar-refractivity contribution >= 4 is 179 Å². The first-order valence-corrected chi connectivity index (χ1v) is 46.6. The second kappa shape index (κ2) is 44.3. The Morgan fingerprint density at radius 1 is 0.445 bits per heavy atom. The minimum Gasteiger partial charge on any atom is -0.481 e. The zero-order valence-corrected chi connectivity index (χ0v) is 76.9. The minimum absolute atomic E-state index is 0.0332. The molecule has 0 spiro atoms. The number of cyclic esters (lactones) is 1. The van der Waals surface area contributed by atoms with E-state index < -0.39 is 52.4 Å². The number of aliphatic carboxylic acids is 1. The number of aromatic nitrogens is 8. The Kier molecular flexibility index (Phi) is 33.0. The SMILES string of the molecule is CO.COC(=O)CC(CC(=O)O)n1c(=O)n(Cc2csc3cccc(C)c23)c2ccccc21.COC(=O)CC(CCO)n1c(=O)n(Cc2csc3cccc(C)c23)c2ccccc21.COC(=O)CC(CCO)n1c(=O)n(Cc2csc3cccc(C)c23)c2ccccc21.Cc1cccc2scc(Cn3c(=O)n(C4CCOC(=O)C4)c4ccccc43)c12.O=S(=O)(O)O.[2H]PC. The molecule has 8 aromatic carbocycles. The van der Waals surface area contributed by atoms with Gasteiger partial charge < -0.3 is 39.4 Å². The van der Waals surface area contributed by atoms with Gasteiger partial charge in [-0.1, -0.05) is 104 Å². The van der Waals surface area contributed by atoms with Crippen LogP contribution in [0.1, 0.15) is 120 Å². The number of thiophene rings is 4. The topological polar surface area (TPSA) is 386 Å². The van der Waals surface area contributed by atoms with Gasteiger partial charge in [0, 0.05) is 67.1 Å². The number of benzene rings is 8. The Hall–Kier alpha value is -11.8. The highest BCUT2D eigenvalue weighted by atomic mass is 32.3. The van der Waals surface area contributed by atoms with Gasteiger partial charge in [-0.15, -0.1) is 54.5 Å². The quantitative estimate of drug-likeness (QED) is 0.0142. The number of hydrogen-bond acceptors (Lipinski definition) is 22. The molecule has 5 atom stereocenters. The number of aryl methyl sites for hydroxylation is 4. The van der Waals surface area contributed by atoms with Crippen LogP contribution in [-0.4, -0.2) is 161 Å². The van der Waals surface area contributed by atoms with Crippen LogP contribution in [0.3, 0.4) is 0 Å². The smallest absolute Gasteiger partial charge is 0.394 e. The number of nitrogens with zero attached hydrogens (tertiary/aromatic N) is 8. The van der Waals surface area contributed by atoms with Crippen molar-refractivity contribution in [1.29, 1.82) is 1.28 Å². The van der Waals surface area contributed by atoms with Gasteiger partial charge in [-0.05, 0) is 179 Å². The summed E-state index contributed by atoms with van der Waals surface area (Å²) in [5.41, 5.74) is 14.5. The molecule has 0 bridgehead atoms. The molecular formula is C93H101N8O21PS5. The number of hydrogen-bond donors (Lipinski definition) is 6. The molecule has 8 aromatic heterocycles. The van der Waals surface area contributed by atoms with E-state index in [9.17, 15) is 58.5 Å². The molecule has 1 aliphatic heterocycles. The summed E-state index contributed by atoms with van der Waals surface area (Å²) in [7, 11) is 0.568. The van der Waals surface area contributed by atoms with Crippen LogP contribution in [0.2, 0.25) is 0 Å². The molecule has 16 aromatic rings. The van der Waals surface area contributed by atoms with Crippen molar-refractivity contribution < 1.29 is 80.9 Å². The van der Waals surface area contributed by atoms with Gasteiger partial charge in [-0.3, -0.25) is 69.6 Å². The first-order chi connectivity index (χ1) is 62.0. The molecule has 128 heavy (non-hydrogen) atoms. The van der Waals surface area contributed by atoms with Crippen LogP contribution in [0.4, 0.5) is 0 Å². The molecule has 1 saturated heterocycles. The summed E-state index contributed by atoms with van der Waals surface area (Å²) >= 11 is 6.69. The van der Waals surface area contributed by atoms with Gasteiger partial charge in [0.25, 0.3) is 0 Å². The molecule has 6 N–H and O–H groups in total. The third-order valence-electron chi connectivity index (χ3n) is 22.1. The third kappa shape index (κ3) is 22.0. The highest BCUT2D eigenvalue weighted by molar-refractivity contribution is 7.79. The van der Waals surface area contributed by atoms with Crippen molar-refractivity contribution in [1.82, 2.24) is 36.5 Å². The highest BCUT2D eigenvalue weighted by Gasteiger charge is 2.31. The lowest BCUT2D eigenvalue weighted by atomic mass is 10.1. The van der Waals surface area contributed by atoms with E-state index in [1.54, 1.807) is 84.9 Å². The van der Waals surface area contributed by atoms with Crippen molar-refractivity contribution in [2.24, 2.45) is 0 Å². The molecule has 0 saturated carbocycles. The number of carboxylic acid groups (broad SMARTS) is 1. The molecule has 0 radical (unpaired) electrons. The molecule has 35 heteroatoms. The number of fused-ring (bicyclic) bond motifs is 8. The molecule has 1 fully saturated rings. The third-order valence-corrected chi connectivity index (χ3v) is 26.1. The fraction of sp³-hybridized carbons (Fsp3) is 0.301. The van der Waals surface area contributed by atoms with E-state index in [2.05, 4.69) is 90.8 Å². The van der Waals surface area contributed by atoms with E-state index in [-0.39, 0.29) is 80.1 Å². The molecule has 0 amide bonds. The summed E-state index contributed by atoms with van der Waals surface area (Å²) in [6.45, 7) is 12.0. The lowest BCUT2D eigenvalue weighted by molar-refractivity contribution is -0.149. The van der Waals surface area contributed by atoms with Gasteiger partial charge >= 0.3 is 63.0 Å². The van der Waals surface area contributed by atoms with E-state index in [4.69, 9.17) is 42.9 Å². The number of methoxy groups -OCH3 is 3. The van der Waals surface area contributed by atoms with Gasteiger partial charge in [-0.25, -0.2) is 19.2 Å². The zero-order valence-electron chi connectivity index (χ0n) is 72.8. The first kappa shape index (κ1) is 95.3. The maximum absolute atomic E-state index is 13.5. The fourth-order valence-electron chi connectivity index (χ4n) is 16.6. The number of carbonyl (C=O) groups excluding carboxylic acids is 4. The van der Waals surface area contributed by atoms with E-state index in [0.29, 0.717) is 72.3 Å². The molecule has 1 aliphatic rings. The molecule has 5 unspecified atom stereocenters. The normalized spacial score (nSPS) is 13.4. The Balaban J connectivity index is 0.000000161. The number of imidazole rings is 4. The number of carboxylic acids is 1. The lowest BCUT2D eigenvalue weighted by Crippen LogP contribution is -2.32. The van der Waals surface area contributed by atoms with Crippen LogP contribution in [0.25, 0.3) is 84.5 Å². The van der Waals surface area contributed by atoms with E-state index in [1.165, 1.54) is 72.8 Å². The predicted octanol–water partition coefficient (Wildman–Crippen LogP) is 15.4. The number of rotatable bonds is 24. The van der Waals surface area contributed by atoms with Crippen LogP contribution in [-0.2, 0) is 79.5 Å². The largest absolute Gasteiger partial charge is 0.481 e. The Morgan fingerprint density at radius 3 is 1.01 bits per heavy atom. The van der Waals surface area contributed by atoms with Gasteiger partial charge in [0.15, 0.2) is 0 Å². The first-order valence-electron chi connectivity index (χ1n) is 41.2. The number of aliphatic hydroxyl groups is 3. The van der Waals surface area contributed by atoms with Gasteiger partial charge in [0.1, 0.15) is 0 Å². The van der Waals surface area contributed by atoms with E-state index in [1.807, 2.05) is 127 Å². The summed E-state index contributed by atoms with van der Waals surface area (Å²) < 4.78 is 75.5. The number of esters is 4. The summed E-state index contributed by atoms with van der Waals surface area (Å²) in [5.74, 6) is -2.70. The number of para-hydroxylation sites is 8. The number of ether oxygens (including phenoxy) is 4. The highest BCUT2D eigenvalue weighted by Crippen LogP contribution is 2.37. The molecule has 9 heterocycles. The number of aliphatic hydroxyl groups excluding tert-OH is 3. The Morgan fingerprint density at radius 2 is 0.719 bits per heavy atom. The van der Waals surface area contributed by atoms with Crippen LogP contribution in [0, 0.1) is 27.7 Å². The van der Waals surface area contributed by atoms with E-state index >= 15 is 0 Å². The summed E-state index contributed by atoms with van der Waals surface area (Å²) in [6.07, 6.45) is 1.01. The molecule has 674 valence electrons. The van der Waals surface area contributed by atoms with E-state index in [0.717, 1.165) is 78.1 Å². The standard InChI is InChI=1S/C23H22N2O5S.2C23H24N2O4S.C22H20N2O3S.CH4O.CH5P.H2O4S/c1-14-6-5-9-19-22(14)15(13-31-19)12-24-17-7-3-4-8-18(17)25(23(24)29)16(10-20(26)27)11-21(28)30-2;2*1-15-6-5-9-20-22(15)16(14-30-20)13-24-18-7-3-4-8-19(18)25(23(24)28)17(10-11-26)12-21(27)29-2;1-14-5-4-8-19-21(14)15(13-28-19)12-23-17-6-2-3-7-18(17)24(22(23)26)16-9-10-27-20(25)11-16;2*1-2;1-5(2,3)4/h3-9,13,16H,10-12H2,1-2H3,(H,26,27);2*3-9,14,17,26H,10-13H2,1-2H3;2-8,13,16H,9-12H2,1H3;2H,1H3;2H2,1H3;(H2,1,2,3,4)/i;;;;;2D;. The maximum atomic E-state index is 13.5. The van der Waals surface area contributed by atoms with Gasteiger partial charge in [0.2, 0.25) is 0 Å². The second-order valence-corrected chi connectivity index (χ2v) is 34.5. The van der Waals surface area contributed by atoms with Crippen molar-refractivity contribution in [3.63, 3.8) is 0 Å². The van der Waals surface area contributed by atoms with Gasteiger partial charge in [-0.2, -0.15) is 8.42 Å². The average Bonchev–Trinajstić information content (AvgIpc) is 1.61. The molecular weight excluding hydrogens is 1760 g/mol. The van der Waals surface area contributed by atoms with Crippen LogP contribution >= 0.6 is 54.5 Å². The second-order valence-electron chi connectivity index (χ2n) is 30.0. The van der Waals surface area contributed by atoms with Crippen LogP contribution in [0.5, 0.6) is 0 Å². The fourth-order valence-corrected chi connectivity index (χ4v) is 20.7. The molecule has 29 nitrogen and oxygen atoms in total. The predicted molar refractivity (Wildman–Crippen MR) is 507 cm³/mol. The molecule has 17 rings (SSSR count). The Labute approximate surface area is 755 Å². The zero-order chi connectivity index (χ0) is 93.1. The molecule has 0 aliphatic carbocycles. The monoisotopic (exact) mass is 1860 g/mol. The summed E-state index contributed by atoms with van der Waals surface area (Å²) in [5, 5.41) is 48.6. The van der Waals surface area contributed by atoms with Crippen molar-refractivity contribution in [3.8, 4) is 0 Å². The van der Waals surface area contributed by atoms with Crippen LogP contribution < -0.4 is 22.8 Å². The maximum Gasteiger partial charge on any atom is 0.394 e. The van der Waals surface area contributed by atoms with Crippen molar-refractivity contribution in [3.05, 3.63) is 278 Å².